The standard InChI is InChI=1S/C13H21NO2/c1-2-11-4-3-7-14(10-11)13(15)12-5-8-16-9-6-12/h4,12H,2-3,5-10H2,1H3. The Labute approximate surface area is 97.5 Å². The third-order valence-electron chi connectivity index (χ3n) is 3.56. The maximum Gasteiger partial charge on any atom is 0.226 e. The molecular formula is C13H21NO2. The van der Waals surface area contributed by atoms with Crippen molar-refractivity contribution in [2.24, 2.45) is 5.92 Å². The number of amides is 1. The molecule has 0 aromatic carbocycles. The van der Waals surface area contributed by atoms with E-state index >= 15 is 0 Å². The van der Waals surface area contributed by atoms with Crippen LogP contribution in [0.15, 0.2) is 11.6 Å². The zero-order valence-electron chi connectivity index (χ0n) is 10.1. The second kappa shape index (κ2) is 5.48. The summed E-state index contributed by atoms with van der Waals surface area (Å²) in [6.07, 6.45) is 6.18. The van der Waals surface area contributed by atoms with Crippen molar-refractivity contribution in [2.45, 2.75) is 32.6 Å². The second-order valence-corrected chi connectivity index (χ2v) is 4.65. The molecule has 0 saturated carbocycles. The van der Waals surface area contributed by atoms with Gasteiger partial charge in [0.05, 0.1) is 0 Å². The van der Waals surface area contributed by atoms with Gasteiger partial charge >= 0.3 is 0 Å². The van der Waals surface area contributed by atoms with E-state index in [0.717, 1.165) is 52.0 Å². The fourth-order valence-corrected chi connectivity index (χ4v) is 2.46. The molecule has 2 aliphatic heterocycles. The van der Waals surface area contributed by atoms with Crippen LogP contribution < -0.4 is 0 Å². The van der Waals surface area contributed by atoms with Crippen LogP contribution in [0.5, 0.6) is 0 Å². The molecular weight excluding hydrogens is 202 g/mol. The van der Waals surface area contributed by atoms with Crippen molar-refractivity contribution in [1.29, 1.82) is 0 Å². The van der Waals surface area contributed by atoms with Crippen LogP contribution in [0.25, 0.3) is 0 Å². The number of hydrogen-bond acceptors (Lipinski definition) is 2. The summed E-state index contributed by atoms with van der Waals surface area (Å²) in [5.41, 5.74) is 1.41. The molecule has 1 fully saturated rings. The predicted molar refractivity (Wildman–Crippen MR) is 63.1 cm³/mol. The number of nitrogens with zero attached hydrogens (tertiary/aromatic N) is 1. The Morgan fingerprint density at radius 2 is 2.25 bits per heavy atom. The highest BCUT2D eigenvalue weighted by molar-refractivity contribution is 5.79. The third kappa shape index (κ3) is 2.64. The van der Waals surface area contributed by atoms with E-state index in [1.54, 1.807) is 0 Å². The summed E-state index contributed by atoms with van der Waals surface area (Å²) in [5, 5.41) is 0. The van der Waals surface area contributed by atoms with Crippen molar-refractivity contribution in [3.8, 4) is 0 Å². The Hall–Kier alpha value is -0.830. The Morgan fingerprint density at radius 1 is 1.50 bits per heavy atom. The van der Waals surface area contributed by atoms with E-state index in [1.165, 1.54) is 5.57 Å². The Bertz CT molecular complexity index is 280. The first kappa shape index (κ1) is 11.6. The molecule has 0 aliphatic carbocycles. The monoisotopic (exact) mass is 223 g/mol. The van der Waals surface area contributed by atoms with Gasteiger partial charge in [-0.1, -0.05) is 18.6 Å². The quantitative estimate of drug-likeness (QED) is 0.670. The molecule has 2 heterocycles. The summed E-state index contributed by atoms with van der Waals surface area (Å²) >= 11 is 0. The van der Waals surface area contributed by atoms with Gasteiger partial charge in [0.2, 0.25) is 5.91 Å². The van der Waals surface area contributed by atoms with E-state index in [-0.39, 0.29) is 5.92 Å². The lowest BCUT2D eigenvalue weighted by atomic mass is 9.97. The second-order valence-electron chi connectivity index (χ2n) is 4.65. The molecule has 2 aliphatic rings. The van der Waals surface area contributed by atoms with Gasteiger partial charge in [0.25, 0.3) is 0 Å². The van der Waals surface area contributed by atoms with Crippen molar-refractivity contribution in [1.82, 2.24) is 4.90 Å². The van der Waals surface area contributed by atoms with Gasteiger partial charge in [0, 0.05) is 32.2 Å². The van der Waals surface area contributed by atoms with Crippen molar-refractivity contribution < 1.29 is 9.53 Å². The van der Waals surface area contributed by atoms with E-state index in [4.69, 9.17) is 4.74 Å². The topological polar surface area (TPSA) is 29.5 Å². The highest BCUT2D eigenvalue weighted by atomic mass is 16.5. The smallest absolute Gasteiger partial charge is 0.226 e. The minimum atomic E-state index is 0.213. The zero-order valence-corrected chi connectivity index (χ0v) is 10.1. The van der Waals surface area contributed by atoms with Crippen LogP contribution in [-0.2, 0) is 9.53 Å². The largest absolute Gasteiger partial charge is 0.381 e. The van der Waals surface area contributed by atoms with Crippen molar-refractivity contribution >= 4 is 5.91 Å². The van der Waals surface area contributed by atoms with E-state index < -0.39 is 0 Å². The zero-order chi connectivity index (χ0) is 11.4. The maximum atomic E-state index is 12.3. The van der Waals surface area contributed by atoms with Gasteiger partial charge in [-0.3, -0.25) is 4.79 Å². The van der Waals surface area contributed by atoms with Crippen molar-refractivity contribution in [3.63, 3.8) is 0 Å². The number of rotatable bonds is 2. The molecule has 0 N–H and O–H groups in total. The molecule has 16 heavy (non-hydrogen) atoms. The van der Waals surface area contributed by atoms with Crippen LogP contribution in [0, 0.1) is 5.92 Å². The first-order valence-electron chi connectivity index (χ1n) is 6.35. The van der Waals surface area contributed by atoms with Gasteiger partial charge in [0.15, 0.2) is 0 Å². The molecule has 3 nitrogen and oxygen atoms in total. The van der Waals surface area contributed by atoms with Crippen molar-refractivity contribution in [2.75, 3.05) is 26.3 Å². The van der Waals surface area contributed by atoms with Crippen LogP contribution in [0.2, 0.25) is 0 Å². The van der Waals surface area contributed by atoms with Crippen molar-refractivity contribution in [3.05, 3.63) is 11.6 Å². The lowest BCUT2D eigenvalue weighted by Gasteiger charge is -2.32. The first-order valence-corrected chi connectivity index (χ1v) is 6.35. The molecule has 0 aromatic heterocycles. The summed E-state index contributed by atoms with van der Waals surface area (Å²) < 4.78 is 5.30. The van der Waals surface area contributed by atoms with Crippen LogP contribution in [0.3, 0.4) is 0 Å². The Balaban J connectivity index is 1.91. The summed E-state index contributed by atoms with van der Waals surface area (Å²) in [4.78, 5) is 14.3. The summed E-state index contributed by atoms with van der Waals surface area (Å²) in [5.74, 6) is 0.562. The first-order chi connectivity index (χ1) is 7.81. The van der Waals surface area contributed by atoms with Crippen LogP contribution in [0.1, 0.15) is 32.6 Å². The van der Waals surface area contributed by atoms with E-state index in [0.29, 0.717) is 5.91 Å². The summed E-state index contributed by atoms with van der Waals surface area (Å²) in [6, 6.07) is 0. The molecule has 0 aromatic rings. The molecule has 0 unspecified atom stereocenters. The van der Waals surface area contributed by atoms with Crippen LogP contribution in [-0.4, -0.2) is 37.1 Å². The molecule has 0 bridgehead atoms. The van der Waals surface area contributed by atoms with Gasteiger partial charge in [-0.2, -0.15) is 0 Å². The molecule has 0 atom stereocenters. The van der Waals surface area contributed by atoms with E-state index in [9.17, 15) is 4.79 Å². The van der Waals surface area contributed by atoms with Gasteiger partial charge in [-0.25, -0.2) is 0 Å². The molecule has 90 valence electrons. The van der Waals surface area contributed by atoms with Gasteiger partial charge in [-0.15, -0.1) is 0 Å². The lowest BCUT2D eigenvalue weighted by molar-refractivity contribution is -0.138. The molecule has 1 saturated heterocycles. The molecule has 1 amide bonds. The van der Waals surface area contributed by atoms with E-state index in [1.807, 2.05) is 4.90 Å². The van der Waals surface area contributed by atoms with Gasteiger partial charge in [0.1, 0.15) is 0 Å². The molecule has 2 rings (SSSR count). The van der Waals surface area contributed by atoms with Crippen LogP contribution >= 0.6 is 0 Å². The average molecular weight is 223 g/mol. The van der Waals surface area contributed by atoms with Gasteiger partial charge in [-0.05, 0) is 25.7 Å². The maximum absolute atomic E-state index is 12.3. The Kier molecular flexibility index (Phi) is 3.99. The normalized spacial score (nSPS) is 23.1. The molecule has 0 spiro atoms. The minimum absolute atomic E-state index is 0.213. The SMILES string of the molecule is CCC1=CCCN(C(=O)C2CCOCC2)C1. The van der Waals surface area contributed by atoms with Crippen LogP contribution in [0.4, 0.5) is 0 Å². The molecule has 0 radical (unpaired) electrons. The summed E-state index contributed by atoms with van der Waals surface area (Å²) in [7, 11) is 0. The fourth-order valence-electron chi connectivity index (χ4n) is 2.46. The number of hydrogen-bond donors (Lipinski definition) is 0. The number of ether oxygens (including phenoxy) is 1. The fraction of sp³-hybridized carbons (Fsp3) is 0.769. The third-order valence-corrected chi connectivity index (χ3v) is 3.56. The highest BCUT2D eigenvalue weighted by Gasteiger charge is 2.27. The highest BCUT2D eigenvalue weighted by Crippen LogP contribution is 2.21. The predicted octanol–water partition coefficient (Wildman–Crippen LogP) is 1.98. The molecule has 3 heteroatoms. The minimum Gasteiger partial charge on any atom is -0.381 e. The van der Waals surface area contributed by atoms with Gasteiger partial charge < -0.3 is 9.64 Å². The number of carbonyl (C=O) groups excluding carboxylic acids is 1. The number of carbonyl (C=O) groups is 1. The average Bonchev–Trinajstić information content (AvgIpc) is 2.39. The summed E-state index contributed by atoms with van der Waals surface area (Å²) in [6.45, 7) is 5.42. The Morgan fingerprint density at radius 3 is 2.94 bits per heavy atom. The van der Waals surface area contributed by atoms with E-state index in [2.05, 4.69) is 13.0 Å². The lowest BCUT2D eigenvalue weighted by Crippen LogP contribution is -2.41.